The van der Waals surface area contributed by atoms with Gasteiger partial charge in [0.25, 0.3) is 0 Å². The molecule has 9 nitrogen and oxygen atoms in total. The van der Waals surface area contributed by atoms with Crippen molar-refractivity contribution in [2.45, 2.75) is 25.2 Å². The van der Waals surface area contributed by atoms with Gasteiger partial charge in [0.15, 0.2) is 6.29 Å². The van der Waals surface area contributed by atoms with E-state index in [0.717, 1.165) is 5.56 Å². The number of aliphatic hydroxyl groups excluding tert-OH is 2. The van der Waals surface area contributed by atoms with Gasteiger partial charge in [-0.1, -0.05) is 41.7 Å². The molecule has 0 radical (unpaired) electrons. The zero-order valence-corrected chi connectivity index (χ0v) is 14.9. The average molecular weight is 394 g/mol. The lowest BCUT2D eigenvalue weighted by Gasteiger charge is -2.16. The number of carbonyl (C=O) groups excluding carboxylic acids is 2. The van der Waals surface area contributed by atoms with Gasteiger partial charge in [-0.2, -0.15) is 0 Å². The van der Waals surface area contributed by atoms with Crippen LogP contribution in [0.1, 0.15) is 33.3 Å². The molecular weight excluding hydrogens is 376 g/mol. The SMILES string of the molecule is O=Cc1cc(C(O)C(O)CCNC(=O)OCc2ccccc2)c([N+](=O)[O-])s1. The Morgan fingerprint density at radius 3 is 2.67 bits per heavy atom. The molecule has 1 heterocycles. The molecule has 0 spiro atoms. The second-order valence-electron chi connectivity index (χ2n) is 5.57. The van der Waals surface area contributed by atoms with E-state index in [1.165, 1.54) is 6.07 Å². The number of amides is 1. The second kappa shape index (κ2) is 9.76. The fraction of sp³-hybridized carbons (Fsp3) is 0.294. The standard InChI is InChI=1S/C17H18N2O7S/c20-9-12-8-13(16(27-12)19(24)25)15(22)14(21)6-7-18-17(23)26-10-11-4-2-1-3-5-11/h1-5,8-9,14-15,21-22H,6-7,10H2,(H,18,23). The van der Waals surface area contributed by atoms with Crippen LogP contribution in [0.3, 0.4) is 0 Å². The number of aldehydes is 1. The minimum Gasteiger partial charge on any atom is -0.445 e. The van der Waals surface area contributed by atoms with E-state index in [9.17, 15) is 29.9 Å². The summed E-state index contributed by atoms with van der Waals surface area (Å²) in [5.41, 5.74) is 0.685. The van der Waals surface area contributed by atoms with Gasteiger partial charge < -0.3 is 20.3 Å². The van der Waals surface area contributed by atoms with E-state index in [2.05, 4.69) is 5.32 Å². The number of thiophene rings is 1. The summed E-state index contributed by atoms with van der Waals surface area (Å²) >= 11 is 0.619. The largest absolute Gasteiger partial charge is 0.445 e. The fourth-order valence-corrected chi connectivity index (χ4v) is 3.12. The highest BCUT2D eigenvalue weighted by Gasteiger charge is 2.29. The van der Waals surface area contributed by atoms with Gasteiger partial charge in [-0.05, 0) is 18.1 Å². The number of nitro groups is 1. The molecule has 2 atom stereocenters. The summed E-state index contributed by atoms with van der Waals surface area (Å²) in [7, 11) is 0. The van der Waals surface area contributed by atoms with Crippen LogP contribution >= 0.6 is 11.3 Å². The Labute approximate surface area is 158 Å². The maximum Gasteiger partial charge on any atom is 0.407 e. The molecule has 27 heavy (non-hydrogen) atoms. The molecule has 3 N–H and O–H groups in total. The molecule has 0 bridgehead atoms. The zero-order valence-electron chi connectivity index (χ0n) is 14.1. The molecule has 0 aliphatic heterocycles. The molecule has 1 amide bonds. The van der Waals surface area contributed by atoms with Crippen molar-refractivity contribution in [2.75, 3.05) is 6.54 Å². The molecule has 1 aromatic heterocycles. The maximum absolute atomic E-state index is 11.6. The molecule has 1 aromatic carbocycles. The average Bonchev–Trinajstić information content (AvgIpc) is 3.11. The van der Waals surface area contributed by atoms with E-state index in [1.807, 2.05) is 18.2 Å². The Bertz CT molecular complexity index is 794. The van der Waals surface area contributed by atoms with Crippen molar-refractivity contribution < 1.29 is 29.5 Å². The molecule has 0 fully saturated rings. The van der Waals surface area contributed by atoms with Gasteiger partial charge in [0.05, 0.1) is 21.5 Å². The molecule has 2 rings (SSSR count). The number of nitrogens with zero attached hydrogens (tertiary/aromatic N) is 1. The number of aliphatic hydroxyl groups is 2. The summed E-state index contributed by atoms with van der Waals surface area (Å²) in [6.07, 6.45) is -3.25. The summed E-state index contributed by atoms with van der Waals surface area (Å²) in [6, 6.07) is 10.2. The third-order valence-corrected chi connectivity index (χ3v) is 4.67. The van der Waals surface area contributed by atoms with Crippen molar-refractivity contribution in [1.29, 1.82) is 0 Å². The van der Waals surface area contributed by atoms with Gasteiger partial charge >= 0.3 is 11.1 Å². The van der Waals surface area contributed by atoms with Gasteiger partial charge in [-0.25, -0.2) is 4.79 Å². The first-order chi connectivity index (χ1) is 12.9. The van der Waals surface area contributed by atoms with E-state index >= 15 is 0 Å². The van der Waals surface area contributed by atoms with Crippen molar-refractivity contribution in [1.82, 2.24) is 5.32 Å². The lowest BCUT2D eigenvalue weighted by molar-refractivity contribution is -0.381. The fourth-order valence-electron chi connectivity index (χ4n) is 2.29. The molecule has 0 aliphatic carbocycles. The predicted molar refractivity (Wildman–Crippen MR) is 96.6 cm³/mol. The molecule has 0 saturated heterocycles. The van der Waals surface area contributed by atoms with Gasteiger partial charge in [0, 0.05) is 6.54 Å². The Morgan fingerprint density at radius 2 is 2.04 bits per heavy atom. The van der Waals surface area contributed by atoms with E-state index in [4.69, 9.17) is 4.74 Å². The van der Waals surface area contributed by atoms with Crippen molar-refractivity contribution >= 4 is 28.7 Å². The predicted octanol–water partition coefficient (Wildman–Crippen LogP) is 2.18. The zero-order chi connectivity index (χ0) is 19.8. The highest BCUT2D eigenvalue weighted by atomic mass is 32.1. The minimum absolute atomic E-state index is 0.00960. The number of hydrogen-bond donors (Lipinski definition) is 3. The number of rotatable bonds is 9. The number of benzene rings is 1. The smallest absolute Gasteiger partial charge is 0.407 e. The van der Waals surface area contributed by atoms with Crippen molar-refractivity contribution in [3.8, 4) is 0 Å². The molecule has 144 valence electrons. The highest BCUT2D eigenvalue weighted by Crippen LogP contribution is 2.35. The van der Waals surface area contributed by atoms with Crippen LogP contribution in [0.5, 0.6) is 0 Å². The molecule has 0 aliphatic rings. The molecule has 2 aromatic rings. The highest BCUT2D eigenvalue weighted by molar-refractivity contribution is 7.17. The Morgan fingerprint density at radius 1 is 1.33 bits per heavy atom. The molecular formula is C17H18N2O7S. The number of hydrogen-bond acceptors (Lipinski definition) is 8. The molecule has 0 saturated carbocycles. The summed E-state index contributed by atoms with van der Waals surface area (Å²) in [5, 5.41) is 33.2. The van der Waals surface area contributed by atoms with Crippen LogP contribution in [0.4, 0.5) is 9.80 Å². The van der Waals surface area contributed by atoms with Crippen molar-refractivity contribution in [3.05, 3.63) is 62.5 Å². The lowest BCUT2D eigenvalue weighted by Crippen LogP contribution is -2.29. The van der Waals surface area contributed by atoms with Crippen molar-refractivity contribution in [3.63, 3.8) is 0 Å². The first-order valence-corrected chi connectivity index (χ1v) is 8.78. The van der Waals surface area contributed by atoms with Crippen LogP contribution in [0.25, 0.3) is 0 Å². The van der Waals surface area contributed by atoms with Crippen LogP contribution in [0.15, 0.2) is 36.4 Å². The maximum atomic E-state index is 11.6. The number of carbonyl (C=O) groups is 2. The Balaban J connectivity index is 1.82. The Hall–Kier alpha value is -2.82. The van der Waals surface area contributed by atoms with Gasteiger partial charge in [0.2, 0.25) is 0 Å². The Kier molecular flexibility index (Phi) is 7.41. The van der Waals surface area contributed by atoms with Crippen LogP contribution in [0.2, 0.25) is 0 Å². The van der Waals surface area contributed by atoms with Gasteiger partial charge in [-0.3, -0.25) is 14.9 Å². The van der Waals surface area contributed by atoms with E-state index in [1.54, 1.807) is 12.1 Å². The normalized spacial score (nSPS) is 12.8. The minimum atomic E-state index is -1.56. The summed E-state index contributed by atoms with van der Waals surface area (Å²) < 4.78 is 5.00. The first-order valence-electron chi connectivity index (χ1n) is 7.96. The van der Waals surface area contributed by atoms with Crippen LogP contribution < -0.4 is 5.32 Å². The van der Waals surface area contributed by atoms with E-state index in [0.29, 0.717) is 17.6 Å². The first kappa shape index (κ1) is 20.5. The third kappa shape index (κ3) is 5.84. The van der Waals surface area contributed by atoms with E-state index < -0.39 is 28.2 Å². The van der Waals surface area contributed by atoms with Crippen LogP contribution in [0, 0.1) is 10.1 Å². The van der Waals surface area contributed by atoms with E-state index in [-0.39, 0.29) is 30.0 Å². The van der Waals surface area contributed by atoms with Gasteiger partial charge in [0.1, 0.15) is 12.7 Å². The molecule has 10 heteroatoms. The topological polar surface area (TPSA) is 139 Å². The quantitative estimate of drug-likeness (QED) is 0.336. The summed E-state index contributed by atoms with van der Waals surface area (Å²) in [4.78, 5) is 32.8. The van der Waals surface area contributed by atoms with Crippen LogP contribution in [-0.4, -0.2) is 40.2 Å². The van der Waals surface area contributed by atoms with Gasteiger partial charge in [-0.15, -0.1) is 0 Å². The van der Waals surface area contributed by atoms with Crippen LogP contribution in [-0.2, 0) is 11.3 Å². The summed E-state index contributed by atoms with van der Waals surface area (Å²) in [5.74, 6) is 0. The third-order valence-electron chi connectivity index (χ3n) is 3.65. The summed E-state index contributed by atoms with van der Waals surface area (Å²) in [6.45, 7) is 0.0811. The number of alkyl carbamates (subject to hydrolysis) is 1. The monoisotopic (exact) mass is 394 g/mol. The van der Waals surface area contributed by atoms with Crippen molar-refractivity contribution in [2.24, 2.45) is 0 Å². The number of nitrogens with one attached hydrogen (secondary N) is 1. The second-order valence-corrected chi connectivity index (χ2v) is 6.64. The number of ether oxygens (including phenoxy) is 1. The molecule has 2 unspecified atom stereocenters. The lowest BCUT2D eigenvalue weighted by atomic mass is 10.0.